The first-order valence-electron chi connectivity index (χ1n) is 8.83. The van der Waals surface area contributed by atoms with E-state index in [4.69, 9.17) is 0 Å². The van der Waals surface area contributed by atoms with Crippen LogP contribution in [0.1, 0.15) is 30.0 Å². The van der Waals surface area contributed by atoms with Crippen LogP contribution in [0.3, 0.4) is 0 Å². The molecule has 0 radical (unpaired) electrons. The zero-order valence-electron chi connectivity index (χ0n) is 15.2. The molecule has 0 aliphatic carbocycles. The van der Waals surface area contributed by atoms with Gasteiger partial charge in [0.2, 0.25) is 15.9 Å². The minimum Gasteiger partial charge on any atom is -0.312 e. The first kappa shape index (κ1) is 18.6. The van der Waals surface area contributed by atoms with Crippen LogP contribution >= 0.6 is 0 Å². The molecule has 5 nitrogen and oxygen atoms in total. The molecule has 6 heteroatoms. The van der Waals surface area contributed by atoms with Gasteiger partial charge in [-0.3, -0.25) is 4.79 Å². The lowest BCUT2D eigenvalue weighted by Gasteiger charge is -2.15. The summed E-state index contributed by atoms with van der Waals surface area (Å²) in [5, 5.41) is 0. The summed E-state index contributed by atoms with van der Waals surface area (Å²) in [6, 6.07) is 13.2. The topological polar surface area (TPSA) is 66.5 Å². The second kappa shape index (κ2) is 7.60. The van der Waals surface area contributed by atoms with Crippen LogP contribution < -0.4 is 9.62 Å². The van der Waals surface area contributed by atoms with Crippen LogP contribution in [0.4, 0.5) is 5.69 Å². The van der Waals surface area contributed by atoms with Crippen molar-refractivity contribution >= 4 is 21.6 Å². The lowest BCUT2D eigenvalue weighted by atomic mass is 10.1. The number of nitrogens with zero attached hydrogens (tertiary/aromatic N) is 1. The van der Waals surface area contributed by atoms with Crippen molar-refractivity contribution in [2.24, 2.45) is 0 Å². The number of aryl methyl sites for hydroxylation is 2. The first-order chi connectivity index (χ1) is 12.4. The summed E-state index contributed by atoms with van der Waals surface area (Å²) in [5.74, 6) is -0.0198. The van der Waals surface area contributed by atoms with Crippen LogP contribution in [-0.4, -0.2) is 27.4 Å². The van der Waals surface area contributed by atoms with E-state index < -0.39 is 10.0 Å². The normalized spacial score (nSPS) is 13.7. The van der Waals surface area contributed by atoms with Gasteiger partial charge in [0.1, 0.15) is 0 Å². The average Bonchev–Trinajstić information content (AvgIpc) is 3.02. The van der Waals surface area contributed by atoms with Gasteiger partial charge in [0, 0.05) is 25.7 Å². The molecular formula is C20H24N2O3S. The SMILES string of the molecule is CC(=O)N1CCc2cc(S(=O)(=O)NCCCc3cccc(C)c3)ccc21. The Balaban J connectivity index is 1.61. The summed E-state index contributed by atoms with van der Waals surface area (Å²) in [6.07, 6.45) is 2.26. The number of carbonyl (C=O) groups is 1. The molecule has 0 atom stereocenters. The highest BCUT2D eigenvalue weighted by Crippen LogP contribution is 2.30. The Bertz CT molecular complexity index is 922. The number of nitrogens with one attached hydrogen (secondary N) is 1. The van der Waals surface area contributed by atoms with Crippen molar-refractivity contribution in [2.75, 3.05) is 18.0 Å². The zero-order valence-corrected chi connectivity index (χ0v) is 16.0. The van der Waals surface area contributed by atoms with Crippen molar-refractivity contribution in [3.05, 3.63) is 59.2 Å². The lowest BCUT2D eigenvalue weighted by molar-refractivity contribution is -0.116. The molecule has 1 aliphatic rings. The van der Waals surface area contributed by atoms with E-state index in [1.165, 1.54) is 18.1 Å². The highest BCUT2D eigenvalue weighted by molar-refractivity contribution is 7.89. The number of amides is 1. The minimum absolute atomic E-state index is 0.0198. The highest BCUT2D eigenvalue weighted by atomic mass is 32.2. The monoisotopic (exact) mass is 372 g/mol. The second-order valence-corrected chi connectivity index (χ2v) is 8.47. The van der Waals surface area contributed by atoms with Gasteiger partial charge in [-0.1, -0.05) is 29.8 Å². The number of anilines is 1. The maximum atomic E-state index is 12.5. The molecule has 2 aromatic rings. The third-order valence-corrected chi connectivity index (χ3v) is 6.11. The number of sulfonamides is 1. The molecule has 1 N–H and O–H groups in total. The largest absolute Gasteiger partial charge is 0.312 e. The number of hydrogen-bond acceptors (Lipinski definition) is 3. The molecular weight excluding hydrogens is 348 g/mol. The number of benzene rings is 2. The maximum absolute atomic E-state index is 12.5. The molecule has 0 aromatic heterocycles. The predicted molar refractivity (Wildman–Crippen MR) is 103 cm³/mol. The third kappa shape index (κ3) is 4.14. The molecule has 2 aromatic carbocycles. The minimum atomic E-state index is -3.54. The molecule has 0 saturated heterocycles. The Hall–Kier alpha value is -2.18. The van der Waals surface area contributed by atoms with Gasteiger partial charge in [0.05, 0.1) is 4.90 Å². The molecule has 3 rings (SSSR count). The molecule has 138 valence electrons. The number of carbonyl (C=O) groups excluding carboxylic acids is 1. The summed E-state index contributed by atoms with van der Waals surface area (Å²) in [7, 11) is -3.54. The van der Waals surface area contributed by atoms with Gasteiger partial charge < -0.3 is 4.90 Å². The molecule has 0 saturated carbocycles. The molecule has 26 heavy (non-hydrogen) atoms. The Kier molecular flexibility index (Phi) is 5.44. The van der Waals surface area contributed by atoms with Crippen LogP contribution in [0.15, 0.2) is 47.4 Å². The molecule has 1 aliphatic heterocycles. The van der Waals surface area contributed by atoms with E-state index in [1.54, 1.807) is 23.1 Å². The molecule has 0 fully saturated rings. The summed E-state index contributed by atoms with van der Waals surface area (Å²) < 4.78 is 27.7. The Labute approximate surface area is 155 Å². The van der Waals surface area contributed by atoms with Crippen LogP contribution in [0.5, 0.6) is 0 Å². The Morgan fingerprint density at radius 3 is 2.73 bits per heavy atom. The van der Waals surface area contributed by atoms with E-state index >= 15 is 0 Å². The van der Waals surface area contributed by atoms with Crippen LogP contribution in [0.25, 0.3) is 0 Å². The standard InChI is InChI=1S/C20H24N2O3S/c1-15-5-3-6-17(13-15)7-4-11-21-26(24,25)19-8-9-20-18(14-19)10-12-22(20)16(2)23/h3,5-6,8-9,13-14,21H,4,7,10-12H2,1-2H3. The van der Waals surface area contributed by atoms with Crippen molar-refractivity contribution in [3.8, 4) is 0 Å². The molecule has 0 unspecified atom stereocenters. The Morgan fingerprint density at radius 1 is 1.19 bits per heavy atom. The fourth-order valence-electron chi connectivity index (χ4n) is 3.32. The lowest BCUT2D eigenvalue weighted by Crippen LogP contribution is -2.26. The van der Waals surface area contributed by atoms with Crippen LogP contribution in [-0.2, 0) is 27.7 Å². The summed E-state index contributed by atoms with van der Waals surface area (Å²) in [5.41, 5.74) is 4.14. The van der Waals surface area contributed by atoms with Crippen molar-refractivity contribution in [3.63, 3.8) is 0 Å². The highest BCUT2D eigenvalue weighted by Gasteiger charge is 2.24. The second-order valence-electron chi connectivity index (χ2n) is 6.70. The van der Waals surface area contributed by atoms with E-state index in [0.29, 0.717) is 19.5 Å². The number of rotatable bonds is 6. The number of fused-ring (bicyclic) bond motifs is 1. The van der Waals surface area contributed by atoms with Crippen molar-refractivity contribution in [1.82, 2.24) is 4.72 Å². The first-order valence-corrected chi connectivity index (χ1v) is 10.3. The third-order valence-electron chi connectivity index (χ3n) is 4.65. The molecule has 0 spiro atoms. The van der Waals surface area contributed by atoms with Crippen LogP contribution in [0.2, 0.25) is 0 Å². The summed E-state index contributed by atoms with van der Waals surface area (Å²) >= 11 is 0. The van der Waals surface area contributed by atoms with E-state index in [2.05, 4.69) is 16.9 Å². The van der Waals surface area contributed by atoms with Crippen molar-refractivity contribution < 1.29 is 13.2 Å². The van der Waals surface area contributed by atoms with E-state index in [-0.39, 0.29) is 10.8 Å². The fourth-order valence-corrected chi connectivity index (χ4v) is 4.45. The van der Waals surface area contributed by atoms with E-state index in [0.717, 1.165) is 24.1 Å². The smallest absolute Gasteiger partial charge is 0.240 e. The zero-order chi connectivity index (χ0) is 18.7. The quantitative estimate of drug-likeness (QED) is 0.793. The van der Waals surface area contributed by atoms with Gasteiger partial charge in [0.25, 0.3) is 0 Å². The maximum Gasteiger partial charge on any atom is 0.240 e. The average molecular weight is 372 g/mol. The number of hydrogen-bond donors (Lipinski definition) is 1. The van der Waals surface area contributed by atoms with E-state index in [1.807, 2.05) is 19.1 Å². The van der Waals surface area contributed by atoms with Gasteiger partial charge in [-0.05, 0) is 55.5 Å². The van der Waals surface area contributed by atoms with Gasteiger partial charge >= 0.3 is 0 Å². The van der Waals surface area contributed by atoms with Crippen molar-refractivity contribution in [1.29, 1.82) is 0 Å². The molecule has 1 heterocycles. The Morgan fingerprint density at radius 2 is 2.00 bits per heavy atom. The summed E-state index contributed by atoms with van der Waals surface area (Å²) in [4.78, 5) is 13.5. The van der Waals surface area contributed by atoms with Gasteiger partial charge in [-0.2, -0.15) is 0 Å². The fraction of sp³-hybridized carbons (Fsp3) is 0.350. The van der Waals surface area contributed by atoms with Gasteiger partial charge in [-0.25, -0.2) is 13.1 Å². The summed E-state index contributed by atoms with van der Waals surface area (Å²) in [6.45, 7) is 4.58. The van der Waals surface area contributed by atoms with Crippen LogP contribution in [0, 0.1) is 6.92 Å². The molecule has 0 bridgehead atoms. The van der Waals surface area contributed by atoms with Gasteiger partial charge in [0.15, 0.2) is 0 Å². The van der Waals surface area contributed by atoms with Crippen molar-refractivity contribution in [2.45, 2.75) is 38.0 Å². The molecule has 1 amide bonds. The van der Waals surface area contributed by atoms with E-state index in [9.17, 15) is 13.2 Å². The van der Waals surface area contributed by atoms with Gasteiger partial charge in [-0.15, -0.1) is 0 Å². The predicted octanol–water partition coefficient (Wildman–Crippen LogP) is 2.82.